The first-order chi connectivity index (χ1) is 15.0. The van der Waals surface area contributed by atoms with Crippen molar-refractivity contribution in [3.8, 4) is 0 Å². The third kappa shape index (κ3) is 4.44. The topological polar surface area (TPSA) is 34.2 Å². The molecule has 1 saturated carbocycles. The molecule has 6 heteroatoms. The van der Waals surface area contributed by atoms with Crippen molar-refractivity contribution in [2.45, 2.75) is 87.7 Å². The second-order valence-corrected chi connectivity index (χ2v) is 10.7. The lowest BCUT2D eigenvalue weighted by atomic mass is 9.68. The van der Waals surface area contributed by atoms with Gasteiger partial charge in [-0.15, -0.1) is 11.3 Å². The lowest BCUT2D eigenvalue weighted by Gasteiger charge is -2.46. The number of hydrogen-bond donors (Lipinski definition) is 1. The minimum Gasteiger partial charge on any atom is -0.375 e. The third-order valence-corrected chi connectivity index (χ3v) is 8.78. The van der Waals surface area contributed by atoms with E-state index in [0.29, 0.717) is 13.0 Å². The van der Waals surface area contributed by atoms with E-state index in [0.717, 1.165) is 61.3 Å². The summed E-state index contributed by atoms with van der Waals surface area (Å²) < 4.78 is 34.2. The minimum absolute atomic E-state index is 0.0139. The normalized spacial score (nSPS) is 26.8. The predicted molar refractivity (Wildman–Crippen MR) is 120 cm³/mol. The van der Waals surface area contributed by atoms with E-state index in [-0.39, 0.29) is 23.9 Å². The molecule has 0 radical (unpaired) electrons. The van der Waals surface area contributed by atoms with Gasteiger partial charge in [-0.25, -0.2) is 8.78 Å². The fraction of sp³-hybridized carbons (Fsp3) is 0.640. The van der Waals surface area contributed by atoms with Crippen LogP contribution in [-0.2, 0) is 29.5 Å². The Morgan fingerprint density at radius 3 is 2.81 bits per heavy atom. The van der Waals surface area contributed by atoms with E-state index < -0.39 is 5.92 Å². The van der Waals surface area contributed by atoms with Gasteiger partial charge in [0.05, 0.1) is 5.60 Å². The van der Waals surface area contributed by atoms with Gasteiger partial charge in [0.25, 0.3) is 5.92 Å². The van der Waals surface area contributed by atoms with Crippen molar-refractivity contribution in [3.05, 3.63) is 51.5 Å². The maximum Gasteiger partial charge on any atom is 0.252 e. The van der Waals surface area contributed by atoms with Gasteiger partial charge in [0.15, 0.2) is 0 Å². The lowest BCUT2D eigenvalue weighted by molar-refractivity contribution is -0.104. The second kappa shape index (κ2) is 8.53. The number of thiophene rings is 1. The van der Waals surface area contributed by atoms with E-state index in [1.54, 1.807) is 11.3 Å². The van der Waals surface area contributed by atoms with Crippen LogP contribution in [-0.4, -0.2) is 29.7 Å². The third-order valence-electron chi connectivity index (χ3n) is 7.70. The molecular formula is C25H32F2N2OS. The predicted octanol–water partition coefficient (Wildman–Crippen LogP) is 5.81. The SMILES string of the molecule is FC1(F)CCc2csc(CNCC[C@@]3(c4ccccn4)CCOC4(CCCC4)C3)c2C1. The van der Waals surface area contributed by atoms with Crippen LogP contribution in [0.4, 0.5) is 8.78 Å². The first-order valence-corrected chi connectivity index (χ1v) is 12.6. The van der Waals surface area contributed by atoms with E-state index in [2.05, 4.69) is 22.8 Å². The van der Waals surface area contributed by atoms with E-state index in [9.17, 15) is 8.78 Å². The molecule has 2 aromatic rings. The van der Waals surface area contributed by atoms with Crippen LogP contribution in [0, 0.1) is 0 Å². The van der Waals surface area contributed by atoms with Gasteiger partial charge < -0.3 is 10.1 Å². The highest BCUT2D eigenvalue weighted by atomic mass is 32.1. The van der Waals surface area contributed by atoms with Gasteiger partial charge in [-0.3, -0.25) is 4.98 Å². The monoisotopic (exact) mass is 446 g/mol. The Morgan fingerprint density at radius 2 is 2.00 bits per heavy atom. The molecule has 31 heavy (non-hydrogen) atoms. The zero-order chi connectivity index (χ0) is 21.4. The Labute approximate surface area is 187 Å². The van der Waals surface area contributed by atoms with Crippen molar-refractivity contribution < 1.29 is 13.5 Å². The number of nitrogens with zero attached hydrogens (tertiary/aromatic N) is 1. The van der Waals surface area contributed by atoms with Crippen LogP contribution in [0.25, 0.3) is 0 Å². The molecule has 1 aliphatic heterocycles. The average Bonchev–Trinajstić information content (AvgIpc) is 3.38. The molecular weight excluding hydrogens is 414 g/mol. The molecule has 0 amide bonds. The standard InChI is InChI=1S/C25H32F2N2OS/c26-25(27)9-6-19-17-31-21(20(19)15-25)16-28-13-10-23(22-5-1-4-12-29-22)11-14-30-24(18-23)7-2-3-8-24/h1,4-5,12,17,28H,2-3,6-11,13-16,18H2/t23-/m1/s1. The van der Waals surface area contributed by atoms with Crippen LogP contribution in [0.1, 0.15) is 73.1 Å². The van der Waals surface area contributed by atoms with Gasteiger partial charge in [0, 0.05) is 48.2 Å². The molecule has 2 fully saturated rings. The molecule has 1 saturated heterocycles. The van der Waals surface area contributed by atoms with Gasteiger partial charge in [-0.2, -0.15) is 0 Å². The van der Waals surface area contributed by atoms with Crippen molar-refractivity contribution in [2.75, 3.05) is 13.2 Å². The summed E-state index contributed by atoms with van der Waals surface area (Å²) in [7, 11) is 0. The van der Waals surface area contributed by atoms with Crippen LogP contribution in [0.2, 0.25) is 0 Å². The van der Waals surface area contributed by atoms with Crippen LogP contribution >= 0.6 is 11.3 Å². The Hall–Kier alpha value is -1.37. The Bertz CT molecular complexity index is 894. The fourth-order valence-electron chi connectivity index (χ4n) is 6.02. The number of aromatic nitrogens is 1. The van der Waals surface area contributed by atoms with Crippen molar-refractivity contribution in [1.82, 2.24) is 10.3 Å². The molecule has 0 unspecified atom stereocenters. The maximum absolute atomic E-state index is 13.9. The minimum atomic E-state index is -2.55. The van der Waals surface area contributed by atoms with E-state index >= 15 is 0 Å². The highest BCUT2D eigenvalue weighted by molar-refractivity contribution is 7.10. The number of ether oxygens (including phenoxy) is 1. The second-order valence-electron chi connectivity index (χ2n) is 9.78. The molecule has 2 aromatic heterocycles. The summed E-state index contributed by atoms with van der Waals surface area (Å²) in [5.41, 5.74) is 3.25. The Morgan fingerprint density at radius 1 is 1.13 bits per heavy atom. The summed E-state index contributed by atoms with van der Waals surface area (Å²) in [6.07, 6.45) is 10.2. The van der Waals surface area contributed by atoms with Crippen molar-refractivity contribution >= 4 is 11.3 Å². The maximum atomic E-state index is 13.9. The smallest absolute Gasteiger partial charge is 0.252 e. The molecule has 5 rings (SSSR count). The number of aryl methyl sites for hydroxylation is 1. The molecule has 3 heterocycles. The van der Waals surface area contributed by atoms with Crippen LogP contribution in [0.3, 0.4) is 0 Å². The van der Waals surface area contributed by atoms with Crippen LogP contribution in [0.15, 0.2) is 29.8 Å². The number of halogens is 2. The molecule has 1 atom stereocenters. The van der Waals surface area contributed by atoms with Crippen LogP contribution in [0.5, 0.6) is 0 Å². The summed E-state index contributed by atoms with van der Waals surface area (Å²) in [6, 6.07) is 6.24. The zero-order valence-corrected chi connectivity index (χ0v) is 18.9. The molecule has 3 aliphatic rings. The van der Waals surface area contributed by atoms with Crippen molar-refractivity contribution in [3.63, 3.8) is 0 Å². The molecule has 1 spiro atoms. The largest absolute Gasteiger partial charge is 0.375 e. The Kier molecular flexibility index (Phi) is 5.91. The number of hydrogen-bond acceptors (Lipinski definition) is 4. The fourth-order valence-corrected chi connectivity index (χ4v) is 7.10. The average molecular weight is 447 g/mol. The quantitative estimate of drug-likeness (QED) is 0.569. The summed E-state index contributed by atoms with van der Waals surface area (Å²) in [6.45, 7) is 2.33. The number of nitrogens with one attached hydrogen (secondary N) is 1. The molecule has 0 bridgehead atoms. The lowest BCUT2D eigenvalue weighted by Crippen LogP contribution is -2.47. The number of fused-ring (bicyclic) bond motifs is 1. The van der Waals surface area contributed by atoms with Gasteiger partial charge >= 0.3 is 0 Å². The summed E-state index contributed by atoms with van der Waals surface area (Å²) in [5, 5.41) is 5.67. The first kappa shape index (κ1) is 21.5. The first-order valence-electron chi connectivity index (χ1n) is 11.7. The number of rotatable bonds is 6. The van der Waals surface area contributed by atoms with Crippen LogP contribution < -0.4 is 5.32 Å². The summed E-state index contributed by atoms with van der Waals surface area (Å²) >= 11 is 1.63. The highest BCUT2D eigenvalue weighted by Gasteiger charge is 2.48. The van der Waals surface area contributed by atoms with E-state index in [4.69, 9.17) is 9.72 Å². The number of pyridine rings is 1. The van der Waals surface area contributed by atoms with Gasteiger partial charge in [0.1, 0.15) is 0 Å². The summed E-state index contributed by atoms with van der Waals surface area (Å²) in [4.78, 5) is 5.85. The molecule has 0 aromatic carbocycles. The zero-order valence-electron chi connectivity index (χ0n) is 18.1. The van der Waals surface area contributed by atoms with Crippen molar-refractivity contribution in [1.29, 1.82) is 0 Å². The summed E-state index contributed by atoms with van der Waals surface area (Å²) in [5.74, 6) is -2.55. The van der Waals surface area contributed by atoms with Gasteiger partial charge in [-0.05, 0) is 73.7 Å². The Balaban J connectivity index is 1.27. The van der Waals surface area contributed by atoms with Crippen molar-refractivity contribution in [2.24, 2.45) is 0 Å². The molecule has 3 nitrogen and oxygen atoms in total. The molecule has 2 aliphatic carbocycles. The van der Waals surface area contributed by atoms with Gasteiger partial charge in [-0.1, -0.05) is 18.9 Å². The number of alkyl halides is 2. The molecule has 168 valence electrons. The molecule has 1 N–H and O–H groups in total. The van der Waals surface area contributed by atoms with Gasteiger partial charge in [0.2, 0.25) is 0 Å². The highest BCUT2D eigenvalue weighted by Crippen LogP contribution is 2.49. The van der Waals surface area contributed by atoms with E-state index in [1.807, 2.05) is 12.3 Å². The van der Waals surface area contributed by atoms with E-state index in [1.165, 1.54) is 18.5 Å².